The summed E-state index contributed by atoms with van der Waals surface area (Å²) in [7, 11) is -2.90. The number of thiazole rings is 1. The molecule has 6 nitrogen and oxygen atoms in total. The van der Waals surface area contributed by atoms with Gasteiger partial charge in [-0.2, -0.15) is 0 Å². The van der Waals surface area contributed by atoms with Crippen LogP contribution in [0.3, 0.4) is 0 Å². The molecule has 0 radical (unpaired) electrons. The van der Waals surface area contributed by atoms with Gasteiger partial charge in [0, 0.05) is 30.4 Å². The number of aryl methyl sites for hydroxylation is 1. The van der Waals surface area contributed by atoms with Gasteiger partial charge in [-0.15, -0.1) is 11.3 Å². The lowest BCUT2D eigenvalue weighted by atomic mass is 10.4. The average Bonchev–Trinajstić information content (AvgIpc) is 2.87. The van der Waals surface area contributed by atoms with Crippen molar-refractivity contribution >= 4 is 27.1 Å². The molecule has 120 valence electrons. The topological polar surface area (TPSA) is 83.4 Å². The summed E-state index contributed by atoms with van der Waals surface area (Å²) in [4.78, 5) is 10.0. The Morgan fingerprint density at radius 1 is 1.38 bits per heavy atom. The molecule has 1 aromatic heterocycles. The van der Waals surface area contributed by atoms with Crippen LogP contribution in [0, 0.1) is 0 Å². The molecule has 0 aliphatic rings. The molecule has 1 aromatic rings. The van der Waals surface area contributed by atoms with Gasteiger partial charge in [-0.05, 0) is 19.8 Å². The van der Waals surface area contributed by atoms with E-state index in [9.17, 15) is 8.42 Å². The number of sulfone groups is 1. The van der Waals surface area contributed by atoms with Crippen molar-refractivity contribution in [1.82, 2.24) is 15.6 Å². The second-order valence-electron chi connectivity index (χ2n) is 4.68. The summed E-state index contributed by atoms with van der Waals surface area (Å²) in [6, 6.07) is 0. The third kappa shape index (κ3) is 8.01. The Hall–Kier alpha value is -1.15. The van der Waals surface area contributed by atoms with Crippen LogP contribution in [-0.4, -0.2) is 44.5 Å². The Labute approximate surface area is 131 Å². The summed E-state index contributed by atoms with van der Waals surface area (Å²) in [6.07, 6.45) is 4.70. The maximum atomic E-state index is 11.1. The molecule has 0 amide bonds. The quantitative estimate of drug-likeness (QED) is 0.424. The van der Waals surface area contributed by atoms with Crippen molar-refractivity contribution in [2.75, 3.05) is 25.1 Å². The van der Waals surface area contributed by atoms with Crippen LogP contribution >= 0.6 is 11.3 Å². The van der Waals surface area contributed by atoms with Crippen molar-refractivity contribution < 1.29 is 8.42 Å². The smallest absolute Gasteiger partial charge is 0.191 e. The van der Waals surface area contributed by atoms with Gasteiger partial charge in [0.1, 0.15) is 14.8 Å². The number of guanidine groups is 1. The summed E-state index contributed by atoms with van der Waals surface area (Å²) in [6.45, 7) is 5.97. The van der Waals surface area contributed by atoms with E-state index in [4.69, 9.17) is 0 Å². The number of aliphatic imine (C=N–C) groups is 1. The van der Waals surface area contributed by atoms with E-state index in [0.29, 0.717) is 25.5 Å². The van der Waals surface area contributed by atoms with E-state index in [1.807, 2.05) is 13.1 Å². The minimum Gasteiger partial charge on any atom is -0.357 e. The third-order valence-electron chi connectivity index (χ3n) is 2.65. The SMILES string of the molecule is CCNC(=NCc1ncc(CC)s1)NCCCS(C)(=O)=O. The highest BCUT2D eigenvalue weighted by atomic mass is 32.2. The second-order valence-corrected chi connectivity index (χ2v) is 8.14. The zero-order valence-corrected chi connectivity index (χ0v) is 14.5. The number of aromatic nitrogens is 1. The highest BCUT2D eigenvalue weighted by molar-refractivity contribution is 7.90. The summed E-state index contributed by atoms with van der Waals surface area (Å²) in [5.41, 5.74) is 0. The highest BCUT2D eigenvalue weighted by Gasteiger charge is 2.03. The lowest BCUT2D eigenvalue weighted by Crippen LogP contribution is -2.38. The first-order valence-corrected chi connectivity index (χ1v) is 9.95. The lowest BCUT2D eigenvalue weighted by molar-refractivity contribution is 0.598. The second kappa shape index (κ2) is 8.99. The van der Waals surface area contributed by atoms with E-state index in [0.717, 1.165) is 18.0 Å². The number of nitrogens with one attached hydrogen (secondary N) is 2. The van der Waals surface area contributed by atoms with Crippen molar-refractivity contribution in [2.24, 2.45) is 4.99 Å². The first kappa shape index (κ1) is 17.9. The van der Waals surface area contributed by atoms with Crippen LogP contribution in [0.2, 0.25) is 0 Å². The van der Waals surface area contributed by atoms with Crippen LogP contribution in [0.1, 0.15) is 30.2 Å². The van der Waals surface area contributed by atoms with Crippen molar-refractivity contribution in [3.8, 4) is 0 Å². The Balaban J connectivity index is 2.45. The normalized spacial score (nSPS) is 12.4. The van der Waals surface area contributed by atoms with Crippen LogP contribution in [-0.2, 0) is 22.8 Å². The molecule has 1 heterocycles. The minimum atomic E-state index is -2.90. The Kier molecular flexibility index (Phi) is 7.66. The van der Waals surface area contributed by atoms with E-state index in [2.05, 4.69) is 27.5 Å². The van der Waals surface area contributed by atoms with Gasteiger partial charge in [0.2, 0.25) is 0 Å². The van der Waals surface area contributed by atoms with Crippen LogP contribution in [0.25, 0.3) is 0 Å². The number of nitrogens with zero attached hydrogens (tertiary/aromatic N) is 2. The fourth-order valence-corrected chi connectivity index (χ4v) is 3.07. The predicted molar refractivity (Wildman–Crippen MR) is 88.6 cm³/mol. The van der Waals surface area contributed by atoms with E-state index in [1.165, 1.54) is 11.1 Å². The average molecular weight is 332 g/mol. The fraction of sp³-hybridized carbons (Fsp3) is 0.692. The van der Waals surface area contributed by atoms with Gasteiger partial charge < -0.3 is 10.6 Å². The highest BCUT2D eigenvalue weighted by Crippen LogP contribution is 2.13. The molecular weight excluding hydrogens is 308 g/mol. The van der Waals surface area contributed by atoms with Gasteiger partial charge in [-0.25, -0.2) is 18.4 Å². The molecule has 0 fully saturated rings. The molecule has 0 bridgehead atoms. The molecule has 0 atom stereocenters. The van der Waals surface area contributed by atoms with Crippen LogP contribution < -0.4 is 10.6 Å². The zero-order valence-electron chi connectivity index (χ0n) is 12.8. The molecule has 0 aliphatic heterocycles. The lowest BCUT2D eigenvalue weighted by Gasteiger charge is -2.10. The van der Waals surface area contributed by atoms with E-state index in [-0.39, 0.29) is 5.75 Å². The van der Waals surface area contributed by atoms with Gasteiger partial charge in [0.25, 0.3) is 0 Å². The summed E-state index contributed by atoms with van der Waals surface area (Å²) >= 11 is 1.67. The van der Waals surface area contributed by atoms with E-state index < -0.39 is 9.84 Å². The Morgan fingerprint density at radius 2 is 2.14 bits per heavy atom. The molecule has 0 spiro atoms. The zero-order chi connectivity index (χ0) is 15.7. The Bertz CT molecular complexity index is 552. The standard InChI is InChI=1S/C13H24N4O2S2/c1-4-11-9-16-12(20-11)10-17-13(14-5-2)15-7-6-8-21(3,18)19/h9H,4-8,10H2,1-3H3,(H2,14,15,17). The maximum Gasteiger partial charge on any atom is 0.191 e. The summed E-state index contributed by atoms with van der Waals surface area (Å²) < 4.78 is 22.1. The van der Waals surface area contributed by atoms with Gasteiger partial charge >= 0.3 is 0 Å². The predicted octanol–water partition coefficient (Wildman–Crippen LogP) is 1.20. The van der Waals surface area contributed by atoms with Crippen LogP contribution in [0.4, 0.5) is 0 Å². The molecule has 0 aromatic carbocycles. The van der Waals surface area contributed by atoms with Crippen molar-refractivity contribution in [3.05, 3.63) is 16.1 Å². The molecule has 2 N–H and O–H groups in total. The van der Waals surface area contributed by atoms with E-state index in [1.54, 1.807) is 11.3 Å². The number of hydrogen-bond donors (Lipinski definition) is 2. The minimum absolute atomic E-state index is 0.186. The van der Waals surface area contributed by atoms with Crippen molar-refractivity contribution in [2.45, 2.75) is 33.2 Å². The molecule has 1 rings (SSSR count). The number of rotatable bonds is 8. The van der Waals surface area contributed by atoms with Gasteiger partial charge in [-0.1, -0.05) is 6.92 Å². The summed E-state index contributed by atoms with van der Waals surface area (Å²) in [5.74, 6) is 0.880. The number of hydrogen-bond acceptors (Lipinski definition) is 5. The van der Waals surface area contributed by atoms with Crippen LogP contribution in [0.15, 0.2) is 11.2 Å². The van der Waals surface area contributed by atoms with Gasteiger partial charge in [0.05, 0.1) is 12.3 Å². The molecule has 8 heteroatoms. The molecule has 21 heavy (non-hydrogen) atoms. The molecule has 0 saturated heterocycles. The molecule has 0 aliphatic carbocycles. The monoisotopic (exact) mass is 332 g/mol. The van der Waals surface area contributed by atoms with Gasteiger partial charge in [-0.3, -0.25) is 0 Å². The Morgan fingerprint density at radius 3 is 2.71 bits per heavy atom. The van der Waals surface area contributed by atoms with Crippen molar-refractivity contribution in [3.63, 3.8) is 0 Å². The fourth-order valence-electron chi connectivity index (χ4n) is 1.61. The third-order valence-corrected chi connectivity index (χ3v) is 4.81. The molecular formula is C13H24N4O2S2. The largest absolute Gasteiger partial charge is 0.357 e. The molecule has 0 unspecified atom stereocenters. The maximum absolute atomic E-state index is 11.1. The van der Waals surface area contributed by atoms with Gasteiger partial charge in [0.15, 0.2) is 5.96 Å². The first-order valence-electron chi connectivity index (χ1n) is 7.08. The van der Waals surface area contributed by atoms with E-state index >= 15 is 0 Å². The van der Waals surface area contributed by atoms with Crippen molar-refractivity contribution in [1.29, 1.82) is 0 Å². The molecule has 0 saturated carbocycles. The summed E-state index contributed by atoms with van der Waals surface area (Å²) in [5, 5.41) is 7.26. The van der Waals surface area contributed by atoms with Crippen LogP contribution in [0.5, 0.6) is 0 Å². The first-order chi connectivity index (χ1) is 9.94.